The van der Waals surface area contributed by atoms with Gasteiger partial charge in [-0.3, -0.25) is 9.67 Å². The fraction of sp³-hybridized carbons (Fsp3) is 0.429. The number of rotatable bonds is 6. The summed E-state index contributed by atoms with van der Waals surface area (Å²) in [5, 5.41) is 15.3. The molecule has 2 rings (SSSR count). The van der Waals surface area contributed by atoms with E-state index >= 15 is 0 Å². The van der Waals surface area contributed by atoms with Gasteiger partial charge in [0.2, 0.25) is 0 Å². The second kappa shape index (κ2) is 6.64. The number of hydrogen-bond donors (Lipinski definition) is 1. The van der Waals surface area contributed by atoms with Crippen molar-refractivity contribution < 1.29 is 14.2 Å². The summed E-state index contributed by atoms with van der Waals surface area (Å²) in [5.41, 5.74) is -0.385. The Morgan fingerprint density at radius 3 is 2.76 bits per heavy atom. The number of ether oxygens (including phenoxy) is 1. The van der Waals surface area contributed by atoms with E-state index in [9.17, 15) is 9.50 Å². The first-order valence-electron chi connectivity index (χ1n) is 6.58. The first-order valence-corrected chi connectivity index (χ1v) is 7.37. The van der Waals surface area contributed by atoms with Crippen LogP contribution in [0.2, 0.25) is 0 Å². The Morgan fingerprint density at radius 2 is 2.19 bits per heavy atom. The zero-order valence-electron chi connectivity index (χ0n) is 11.9. The van der Waals surface area contributed by atoms with Crippen molar-refractivity contribution >= 4 is 15.9 Å². The SMILES string of the molecule is CCC(O)(c1ccc(F)cn1)c1c(Br)cnn1CCOC. The zero-order chi connectivity index (χ0) is 15.5. The van der Waals surface area contributed by atoms with Gasteiger partial charge in [-0.25, -0.2) is 4.39 Å². The van der Waals surface area contributed by atoms with Gasteiger partial charge >= 0.3 is 0 Å². The molecule has 0 amide bonds. The van der Waals surface area contributed by atoms with E-state index in [2.05, 4.69) is 26.0 Å². The molecule has 5 nitrogen and oxygen atoms in total. The van der Waals surface area contributed by atoms with Gasteiger partial charge in [0.05, 0.1) is 41.4 Å². The molecule has 2 aromatic rings. The third kappa shape index (κ3) is 3.14. The van der Waals surface area contributed by atoms with Crippen LogP contribution < -0.4 is 0 Å². The molecule has 0 saturated heterocycles. The normalized spacial score (nSPS) is 14.1. The molecule has 0 saturated carbocycles. The molecule has 1 unspecified atom stereocenters. The lowest BCUT2D eigenvalue weighted by atomic mass is 9.91. The maximum Gasteiger partial charge on any atom is 0.149 e. The number of hydrogen-bond acceptors (Lipinski definition) is 4. The Bertz CT molecular complexity index is 603. The molecule has 7 heteroatoms. The molecule has 0 aliphatic carbocycles. The predicted octanol–water partition coefficient (Wildman–Crippen LogP) is 2.47. The topological polar surface area (TPSA) is 60.2 Å². The summed E-state index contributed by atoms with van der Waals surface area (Å²) in [6, 6.07) is 2.77. The molecule has 1 atom stereocenters. The van der Waals surface area contributed by atoms with Crippen LogP contribution in [0.4, 0.5) is 4.39 Å². The fourth-order valence-corrected chi connectivity index (χ4v) is 2.84. The lowest BCUT2D eigenvalue weighted by molar-refractivity contribution is 0.0590. The van der Waals surface area contributed by atoms with Gasteiger partial charge in [-0.1, -0.05) is 6.92 Å². The van der Waals surface area contributed by atoms with Crippen LogP contribution in [-0.2, 0) is 16.9 Å². The molecule has 1 N–H and O–H groups in total. The minimum absolute atomic E-state index is 0.378. The number of aromatic nitrogens is 3. The molecule has 0 spiro atoms. The molecule has 2 aromatic heterocycles. The van der Waals surface area contributed by atoms with Crippen LogP contribution in [0, 0.1) is 5.82 Å². The Balaban J connectivity index is 2.49. The molecule has 2 heterocycles. The summed E-state index contributed by atoms with van der Waals surface area (Å²) >= 11 is 3.41. The highest BCUT2D eigenvalue weighted by Gasteiger charge is 2.36. The van der Waals surface area contributed by atoms with Crippen molar-refractivity contribution in [3.63, 3.8) is 0 Å². The first kappa shape index (κ1) is 16.1. The van der Waals surface area contributed by atoms with Crippen molar-refractivity contribution in [2.24, 2.45) is 0 Å². The second-order valence-electron chi connectivity index (χ2n) is 4.63. The van der Waals surface area contributed by atoms with E-state index in [1.54, 1.807) is 18.0 Å². The average Bonchev–Trinajstić information content (AvgIpc) is 2.86. The molecular weight excluding hydrogens is 341 g/mol. The molecule has 0 radical (unpaired) electrons. The third-order valence-corrected chi connectivity index (χ3v) is 3.94. The monoisotopic (exact) mass is 357 g/mol. The number of nitrogens with zero attached hydrogens (tertiary/aromatic N) is 3. The molecular formula is C14H17BrFN3O2. The Morgan fingerprint density at radius 1 is 1.43 bits per heavy atom. The van der Waals surface area contributed by atoms with E-state index in [4.69, 9.17) is 4.74 Å². The third-order valence-electron chi connectivity index (χ3n) is 3.36. The van der Waals surface area contributed by atoms with Crippen molar-refractivity contribution in [1.82, 2.24) is 14.8 Å². The number of methoxy groups -OCH3 is 1. The predicted molar refractivity (Wildman–Crippen MR) is 79.3 cm³/mol. The molecule has 0 aliphatic rings. The smallest absolute Gasteiger partial charge is 0.149 e. The van der Waals surface area contributed by atoms with Crippen LogP contribution in [0.25, 0.3) is 0 Å². The zero-order valence-corrected chi connectivity index (χ0v) is 13.5. The highest BCUT2D eigenvalue weighted by atomic mass is 79.9. The van der Waals surface area contributed by atoms with Gasteiger partial charge in [0.1, 0.15) is 11.4 Å². The summed E-state index contributed by atoms with van der Waals surface area (Å²) in [4.78, 5) is 4.02. The largest absolute Gasteiger partial charge is 0.383 e. The Labute approximate surface area is 130 Å². The maximum atomic E-state index is 13.1. The minimum atomic E-state index is -1.35. The van der Waals surface area contributed by atoms with Crippen molar-refractivity contribution in [2.75, 3.05) is 13.7 Å². The van der Waals surface area contributed by atoms with Crippen molar-refractivity contribution in [2.45, 2.75) is 25.5 Å². The van der Waals surface area contributed by atoms with Gasteiger partial charge in [0, 0.05) is 7.11 Å². The lowest BCUT2D eigenvalue weighted by Gasteiger charge is -2.27. The fourth-order valence-electron chi connectivity index (χ4n) is 2.21. The molecule has 0 fully saturated rings. The van der Waals surface area contributed by atoms with Gasteiger partial charge < -0.3 is 9.84 Å². The lowest BCUT2D eigenvalue weighted by Crippen LogP contribution is -2.32. The van der Waals surface area contributed by atoms with E-state index < -0.39 is 11.4 Å². The van der Waals surface area contributed by atoms with Crippen LogP contribution in [0.1, 0.15) is 24.7 Å². The van der Waals surface area contributed by atoms with Gasteiger partial charge in [0.15, 0.2) is 0 Å². The Kier molecular flexibility index (Phi) is 5.08. The van der Waals surface area contributed by atoms with Crippen molar-refractivity contribution in [1.29, 1.82) is 0 Å². The molecule has 114 valence electrons. The Hall–Kier alpha value is -1.31. The van der Waals surface area contributed by atoms with Crippen molar-refractivity contribution in [3.8, 4) is 0 Å². The molecule has 0 aliphatic heterocycles. The van der Waals surface area contributed by atoms with Crippen LogP contribution in [0.5, 0.6) is 0 Å². The van der Waals surface area contributed by atoms with Gasteiger partial charge in [-0.05, 0) is 34.5 Å². The highest BCUT2D eigenvalue weighted by Crippen LogP contribution is 2.36. The van der Waals surface area contributed by atoms with E-state index in [1.807, 2.05) is 6.92 Å². The van der Waals surface area contributed by atoms with Crippen LogP contribution in [0.3, 0.4) is 0 Å². The van der Waals surface area contributed by atoms with Crippen LogP contribution in [-0.4, -0.2) is 33.6 Å². The molecule has 0 aromatic carbocycles. The summed E-state index contributed by atoms with van der Waals surface area (Å²) < 4.78 is 20.5. The standard InChI is InChI=1S/C14H17BrFN3O2/c1-3-14(20,12-5-4-10(16)8-17-12)13-11(15)9-18-19(13)6-7-21-2/h4-5,8-9,20H,3,6-7H2,1-2H3. The van der Waals surface area contributed by atoms with E-state index in [1.165, 1.54) is 12.1 Å². The van der Waals surface area contributed by atoms with E-state index in [-0.39, 0.29) is 0 Å². The average molecular weight is 358 g/mol. The summed E-state index contributed by atoms with van der Waals surface area (Å²) in [6.45, 7) is 2.81. The highest BCUT2D eigenvalue weighted by molar-refractivity contribution is 9.10. The van der Waals surface area contributed by atoms with Gasteiger partial charge in [-0.15, -0.1) is 0 Å². The summed E-state index contributed by atoms with van der Waals surface area (Å²) in [6.07, 6.45) is 3.10. The van der Waals surface area contributed by atoms with E-state index in [0.29, 0.717) is 35.4 Å². The minimum Gasteiger partial charge on any atom is -0.383 e. The maximum absolute atomic E-state index is 13.1. The van der Waals surface area contributed by atoms with Crippen LogP contribution in [0.15, 0.2) is 29.0 Å². The number of pyridine rings is 1. The first-order chi connectivity index (χ1) is 10.0. The molecule has 0 bridgehead atoms. The van der Waals surface area contributed by atoms with Gasteiger partial charge in [0.25, 0.3) is 0 Å². The van der Waals surface area contributed by atoms with Crippen LogP contribution >= 0.6 is 15.9 Å². The van der Waals surface area contributed by atoms with E-state index in [0.717, 1.165) is 6.20 Å². The number of aliphatic hydroxyl groups is 1. The number of halogens is 2. The van der Waals surface area contributed by atoms with Crippen molar-refractivity contribution in [3.05, 3.63) is 46.2 Å². The summed E-state index contributed by atoms with van der Waals surface area (Å²) in [5.74, 6) is -0.441. The molecule has 21 heavy (non-hydrogen) atoms. The second-order valence-corrected chi connectivity index (χ2v) is 5.49. The summed E-state index contributed by atoms with van der Waals surface area (Å²) in [7, 11) is 1.60. The van der Waals surface area contributed by atoms with Gasteiger partial charge in [-0.2, -0.15) is 5.10 Å². The quantitative estimate of drug-likeness (QED) is 0.862.